The first-order chi connectivity index (χ1) is 27.7. The normalized spacial score (nSPS) is 14.4. The molecule has 1 aliphatic rings. The van der Waals surface area contributed by atoms with E-state index in [0.717, 1.165) is 5.69 Å². The fourth-order valence-electron chi connectivity index (χ4n) is 9.37. The first kappa shape index (κ1) is 34.5. The van der Waals surface area contributed by atoms with E-state index in [1.165, 1.54) is 121 Å². The summed E-state index contributed by atoms with van der Waals surface area (Å²) in [6.07, 6.45) is 8.94. The second kappa shape index (κ2) is 14.9. The van der Waals surface area contributed by atoms with Crippen LogP contribution in [-0.2, 0) is 5.41 Å². The minimum absolute atomic E-state index is 0.0407. The summed E-state index contributed by atoms with van der Waals surface area (Å²) in [6, 6.07) is 70.1. The molecule has 1 fully saturated rings. The lowest BCUT2D eigenvalue weighted by Crippen LogP contribution is -2.29. The van der Waals surface area contributed by atoms with Gasteiger partial charge in [0, 0.05) is 42.6 Å². The molecule has 0 saturated heterocycles. The van der Waals surface area contributed by atoms with Crippen LogP contribution in [0.5, 0.6) is 0 Å². The molecule has 0 amide bonds. The molecule has 9 aromatic rings. The predicted octanol–water partition coefficient (Wildman–Crippen LogP) is 16.0. The van der Waals surface area contributed by atoms with E-state index in [9.17, 15) is 0 Å². The number of rotatable bonds is 7. The number of hydrogen-bond donors (Lipinski definition) is 0. The molecule has 10 rings (SSSR count). The van der Waals surface area contributed by atoms with E-state index in [1.54, 1.807) is 0 Å². The third-order valence-electron chi connectivity index (χ3n) is 12.2. The zero-order valence-corrected chi connectivity index (χ0v) is 32.5. The molecule has 0 radical (unpaired) electrons. The van der Waals surface area contributed by atoms with Gasteiger partial charge in [0.1, 0.15) is 0 Å². The third-order valence-corrected chi connectivity index (χ3v) is 13.4. The van der Waals surface area contributed by atoms with Crippen molar-refractivity contribution in [1.29, 1.82) is 0 Å². The van der Waals surface area contributed by atoms with Crippen LogP contribution in [0.15, 0.2) is 188 Å². The van der Waals surface area contributed by atoms with Crippen molar-refractivity contribution < 1.29 is 0 Å². The average Bonchev–Trinajstić information content (AvgIpc) is 3.63. The summed E-state index contributed by atoms with van der Waals surface area (Å²) < 4.78 is 2.62. The van der Waals surface area contributed by atoms with Crippen molar-refractivity contribution in [2.75, 3.05) is 4.90 Å². The van der Waals surface area contributed by atoms with E-state index < -0.39 is 0 Å². The van der Waals surface area contributed by atoms with Crippen LogP contribution in [0.4, 0.5) is 17.1 Å². The van der Waals surface area contributed by atoms with E-state index >= 15 is 0 Å². The highest BCUT2D eigenvalue weighted by molar-refractivity contribution is 7.26. The van der Waals surface area contributed by atoms with Crippen molar-refractivity contribution in [3.05, 3.63) is 199 Å². The predicted molar refractivity (Wildman–Crippen MR) is 242 cm³/mol. The summed E-state index contributed by atoms with van der Waals surface area (Å²) in [5.41, 5.74) is 11.4. The summed E-state index contributed by atoms with van der Waals surface area (Å²) in [5, 5.41) is 5.18. The lowest BCUT2D eigenvalue weighted by molar-refractivity contribution is 0.366. The van der Waals surface area contributed by atoms with Crippen molar-refractivity contribution in [1.82, 2.24) is 0 Å². The molecule has 0 spiro atoms. The molecule has 0 atom stereocenters. The van der Waals surface area contributed by atoms with Gasteiger partial charge >= 0.3 is 0 Å². The van der Waals surface area contributed by atoms with Crippen molar-refractivity contribution in [3.8, 4) is 22.3 Å². The molecule has 0 aliphatic heterocycles. The highest BCUT2D eigenvalue weighted by atomic mass is 32.1. The molecule has 272 valence electrons. The fourth-order valence-corrected chi connectivity index (χ4v) is 10.5. The number of nitrogens with zero attached hydrogens (tertiary/aromatic N) is 1. The Balaban J connectivity index is 1.09. The largest absolute Gasteiger partial charge is 0.310 e. The van der Waals surface area contributed by atoms with Gasteiger partial charge in [-0.1, -0.05) is 172 Å². The highest BCUT2D eigenvalue weighted by Crippen LogP contribution is 2.46. The van der Waals surface area contributed by atoms with Gasteiger partial charge in [-0.3, -0.25) is 0 Å². The maximum Gasteiger partial charge on any atom is 0.0476 e. The number of hydrogen-bond acceptors (Lipinski definition) is 2. The third kappa shape index (κ3) is 6.38. The standard InChI is InChI=1S/C54H45NS/c1-2-12-35-54(36-13-3-1,44-19-8-5-9-20-44)45-27-31-47(32-28-45)55(46-29-25-40(26-30-46)43-24-23-39-15-10-11-18-42(39)37-43)48-33-34-50-52(38-48)56-51-22-14-21-49(53(50)51)41-16-6-4-7-17-41/h4-11,14-34,37-38H,1-3,12-13,35-36H2. The van der Waals surface area contributed by atoms with Crippen molar-refractivity contribution >= 4 is 59.3 Å². The quantitative estimate of drug-likeness (QED) is 0.157. The summed E-state index contributed by atoms with van der Waals surface area (Å²) in [6.45, 7) is 0. The van der Waals surface area contributed by atoms with Crippen LogP contribution in [0.2, 0.25) is 0 Å². The van der Waals surface area contributed by atoms with Gasteiger partial charge in [0.05, 0.1) is 0 Å². The molecule has 0 N–H and O–H groups in total. The molecule has 1 aliphatic carbocycles. The molecule has 1 nitrogen and oxygen atoms in total. The van der Waals surface area contributed by atoms with E-state index in [1.807, 2.05) is 11.3 Å². The average molecular weight is 740 g/mol. The first-order valence-electron chi connectivity index (χ1n) is 20.3. The molecule has 2 heteroatoms. The molecular formula is C54H45NS. The number of anilines is 3. The summed E-state index contributed by atoms with van der Waals surface area (Å²) >= 11 is 1.89. The molecule has 1 aromatic heterocycles. The van der Waals surface area contributed by atoms with Crippen LogP contribution in [0.3, 0.4) is 0 Å². The zero-order valence-electron chi connectivity index (χ0n) is 31.7. The number of fused-ring (bicyclic) bond motifs is 4. The number of benzene rings is 8. The van der Waals surface area contributed by atoms with Crippen LogP contribution in [0.25, 0.3) is 53.2 Å². The highest BCUT2D eigenvalue weighted by Gasteiger charge is 2.34. The first-order valence-corrected chi connectivity index (χ1v) is 21.1. The SMILES string of the molecule is c1ccc(-c2cccc3sc4cc(N(c5ccc(-c6ccc7ccccc7c6)cc5)c5ccc(C6(c7ccccc7)CCCCCCC6)cc5)ccc4c23)cc1. The second-order valence-corrected chi connectivity index (χ2v) is 16.6. The molecule has 1 saturated carbocycles. The van der Waals surface area contributed by atoms with Crippen LogP contribution in [-0.4, -0.2) is 0 Å². The Bertz CT molecular complexity index is 2750. The zero-order chi connectivity index (χ0) is 37.3. The second-order valence-electron chi connectivity index (χ2n) is 15.5. The molecular weight excluding hydrogens is 695 g/mol. The van der Waals surface area contributed by atoms with Gasteiger partial charge in [-0.15, -0.1) is 11.3 Å². The molecule has 56 heavy (non-hydrogen) atoms. The Morgan fingerprint density at radius 2 is 1.00 bits per heavy atom. The molecule has 0 bridgehead atoms. The Hall–Kier alpha value is -5.96. The van der Waals surface area contributed by atoms with Crippen LogP contribution >= 0.6 is 11.3 Å². The van der Waals surface area contributed by atoms with E-state index in [0.29, 0.717) is 0 Å². The summed E-state index contributed by atoms with van der Waals surface area (Å²) in [7, 11) is 0. The Morgan fingerprint density at radius 3 is 1.75 bits per heavy atom. The van der Waals surface area contributed by atoms with Gasteiger partial charge in [-0.05, 0) is 106 Å². The van der Waals surface area contributed by atoms with E-state index in [-0.39, 0.29) is 5.41 Å². The molecule has 1 heterocycles. The lowest BCUT2D eigenvalue weighted by atomic mass is 9.67. The minimum Gasteiger partial charge on any atom is -0.310 e. The van der Waals surface area contributed by atoms with Gasteiger partial charge in [-0.2, -0.15) is 0 Å². The van der Waals surface area contributed by atoms with Crippen LogP contribution < -0.4 is 4.90 Å². The molecule has 8 aromatic carbocycles. The van der Waals surface area contributed by atoms with Crippen LogP contribution in [0.1, 0.15) is 56.1 Å². The van der Waals surface area contributed by atoms with Gasteiger partial charge in [0.15, 0.2) is 0 Å². The smallest absolute Gasteiger partial charge is 0.0476 e. The van der Waals surface area contributed by atoms with Gasteiger partial charge in [-0.25, -0.2) is 0 Å². The number of thiophene rings is 1. The Morgan fingerprint density at radius 1 is 0.393 bits per heavy atom. The summed E-state index contributed by atoms with van der Waals surface area (Å²) in [4.78, 5) is 2.45. The Kier molecular flexibility index (Phi) is 9.21. The topological polar surface area (TPSA) is 3.24 Å². The minimum atomic E-state index is 0.0407. The maximum atomic E-state index is 2.45. The van der Waals surface area contributed by atoms with E-state index in [2.05, 4.69) is 193 Å². The van der Waals surface area contributed by atoms with Gasteiger partial charge in [0.2, 0.25) is 0 Å². The van der Waals surface area contributed by atoms with Crippen LogP contribution in [0, 0.1) is 0 Å². The fraction of sp³-hybridized carbons (Fsp3) is 0.148. The van der Waals surface area contributed by atoms with Gasteiger partial charge < -0.3 is 4.90 Å². The summed E-state index contributed by atoms with van der Waals surface area (Å²) in [5.74, 6) is 0. The lowest BCUT2D eigenvalue weighted by Gasteiger charge is -2.37. The maximum absolute atomic E-state index is 2.45. The van der Waals surface area contributed by atoms with Crippen molar-refractivity contribution in [2.24, 2.45) is 0 Å². The van der Waals surface area contributed by atoms with Gasteiger partial charge in [0.25, 0.3) is 0 Å². The molecule has 0 unspecified atom stereocenters. The monoisotopic (exact) mass is 739 g/mol. The van der Waals surface area contributed by atoms with Crippen molar-refractivity contribution in [3.63, 3.8) is 0 Å². The van der Waals surface area contributed by atoms with E-state index in [4.69, 9.17) is 0 Å². The Labute approximate surface area is 334 Å². The van der Waals surface area contributed by atoms with Crippen molar-refractivity contribution in [2.45, 2.75) is 50.4 Å².